The van der Waals surface area contributed by atoms with Gasteiger partial charge in [-0.25, -0.2) is 4.79 Å². The number of para-hydroxylation sites is 2. The van der Waals surface area contributed by atoms with Crippen LogP contribution in [0.2, 0.25) is 0 Å². The number of aromatic nitrogens is 4. The quantitative estimate of drug-likeness (QED) is 0.657. The molecule has 0 fully saturated rings. The summed E-state index contributed by atoms with van der Waals surface area (Å²) in [5.74, 6) is 1.36. The van der Waals surface area contributed by atoms with Crippen molar-refractivity contribution in [2.45, 2.75) is 13.1 Å². The van der Waals surface area contributed by atoms with E-state index in [0.29, 0.717) is 30.2 Å². The molecule has 0 amide bonds. The van der Waals surface area contributed by atoms with E-state index < -0.39 is 5.69 Å². The molecule has 1 aliphatic rings. The fraction of sp³-hybridized carbons (Fsp3) is 0.389. The Labute approximate surface area is 155 Å². The van der Waals surface area contributed by atoms with Gasteiger partial charge in [0, 0.05) is 27.2 Å². The van der Waals surface area contributed by atoms with Gasteiger partial charge in [0.1, 0.15) is 5.75 Å². The summed E-state index contributed by atoms with van der Waals surface area (Å²) in [6.07, 6.45) is 0. The van der Waals surface area contributed by atoms with Gasteiger partial charge in [-0.3, -0.25) is 13.9 Å². The molecule has 27 heavy (non-hydrogen) atoms. The van der Waals surface area contributed by atoms with Gasteiger partial charge in [0.25, 0.3) is 5.56 Å². The van der Waals surface area contributed by atoms with Crippen molar-refractivity contribution in [3.05, 3.63) is 45.1 Å². The zero-order valence-corrected chi connectivity index (χ0v) is 15.5. The molecule has 0 radical (unpaired) electrons. The molecule has 142 valence electrons. The van der Waals surface area contributed by atoms with E-state index in [9.17, 15) is 9.59 Å². The molecule has 3 heterocycles. The standard InChI is InChI=1S/C18H21N5O4/c1-20-15-14(16(24)23(18(20)25)10-11-26-2)22-9-8-21(17(22)19-15)12-6-4-5-7-13(12)27-3/h4-7H,8-11H2,1-3H3. The Bertz CT molecular complexity index is 1130. The number of imidazole rings is 1. The normalized spacial score (nSPS) is 13.4. The highest BCUT2D eigenvalue weighted by Crippen LogP contribution is 2.36. The van der Waals surface area contributed by atoms with Crippen LogP contribution in [0.3, 0.4) is 0 Å². The van der Waals surface area contributed by atoms with Crippen molar-refractivity contribution in [1.29, 1.82) is 0 Å². The number of hydrogen-bond donors (Lipinski definition) is 0. The number of methoxy groups -OCH3 is 2. The second-order valence-electron chi connectivity index (χ2n) is 6.35. The third-order valence-electron chi connectivity index (χ3n) is 4.90. The summed E-state index contributed by atoms with van der Waals surface area (Å²) in [4.78, 5) is 32.2. The van der Waals surface area contributed by atoms with Crippen LogP contribution in [0.5, 0.6) is 5.75 Å². The summed E-state index contributed by atoms with van der Waals surface area (Å²) in [6, 6.07) is 7.66. The molecule has 4 rings (SSSR count). The van der Waals surface area contributed by atoms with Crippen molar-refractivity contribution < 1.29 is 9.47 Å². The highest BCUT2D eigenvalue weighted by Gasteiger charge is 2.29. The third-order valence-corrected chi connectivity index (χ3v) is 4.90. The molecule has 1 aromatic carbocycles. The highest BCUT2D eigenvalue weighted by atomic mass is 16.5. The lowest BCUT2D eigenvalue weighted by molar-refractivity contribution is 0.184. The van der Waals surface area contributed by atoms with Gasteiger partial charge < -0.3 is 18.9 Å². The fourth-order valence-corrected chi connectivity index (χ4v) is 3.54. The Kier molecular flexibility index (Phi) is 4.23. The third kappa shape index (κ3) is 2.54. The van der Waals surface area contributed by atoms with E-state index in [2.05, 4.69) is 4.98 Å². The van der Waals surface area contributed by atoms with E-state index in [1.807, 2.05) is 33.7 Å². The van der Waals surface area contributed by atoms with Crippen LogP contribution in [0.4, 0.5) is 11.6 Å². The van der Waals surface area contributed by atoms with Crippen LogP contribution in [0.1, 0.15) is 0 Å². The average molecular weight is 371 g/mol. The Morgan fingerprint density at radius 1 is 1.15 bits per heavy atom. The lowest BCUT2D eigenvalue weighted by Crippen LogP contribution is -2.40. The molecule has 0 aliphatic carbocycles. The van der Waals surface area contributed by atoms with Gasteiger partial charge in [-0.1, -0.05) is 12.1 Å². The molecule has 0 bridgehead atoms. The number of hydrogen-bond acceptors (Lipinski definition) is 6. The van der Waals surface area contributed by atoms with Crippen LogP contribution in [0, 0.1) is 0 Å². The fourth-order valence-electron chi connectivity index (χ4n) is 3.54. The second-order valence-corrected chi connectivity index (χ2v) is 6.35. The molecular weight excluding hydrogens is 350 g/mol. The van der Waals surface area contributed by atoms with Crippen molar-refractivity contribution in [2.24, 2.45) is 7.05 Å². The minimum atomic E-state index is -0.398. The van der Waals surface area contributed by atoms with Crippen molar-refractivity contribution in [2.75, 3.05) is 32.3 Å². The molecule has 2 aromatic heterocycles. The summed E-state index contributed by atoms with van der Waals surface area (Å²) in [5.41, 5.74) is 0.948. The van der Waals surface area contributed by atoms with Crippen LogP contribution in [0.25, 0.3) is 11.2 Å². The predicted octanol–water partition coefficient (Wildman–Crippen LogP) is 0.703. The van der Waals surface area contributed by atoms with Gasteiger partial charge in [-0.15, -0.1) is 0 Å². The lowest BCUT2D eigenvalue weighted by Gasteiger charge is -2.18. The summed E-state index contributed by atoms with van der Waals surface area (Å²) >= 11 is 0. The smallest absolute Gasteiger partial charge is 0.332 e. The van der Waals surface area contributed by atoms with E-state index in [1.54, 1.807) is 14.2 Å². The zero-order valence-electron chi connectivity index (χ0n) is 15.5. The first-order valence-corrected chi connectivity index (χ1v) is 8.68. The highest BCUT2D eigenvalue weighted by molar-refractivity contribution is 5.79. The number of nitrogens with zero attached hydrogens (tertiary/aromatic N) is 5. The maximum atomic E-state index is 13.0. The number of fused-ring (bicyclic) bond motifs is 3. The van der Waals surface area contributed by atoms with E-state index >= 15 is 0 Å². The van der Waals surface area contributed by atoms with Crippen LogP contribution < -0.4 is 20.9 Å². The van der Waals surface area contributed by atoms with Gasteiger partial charge in [0.2, 0.25) is 5.95 Å². The first-order valence-electron chi connectivity index (χ1n) is 8.68. The molecule has 0 atom stereocenters. The minimum Gasteiger partial charge on any atom is -0.495 e. The molecule has 0 N–H and O–H groups in total. The van der Waals surface area contributed by atoms with E-state index in [0.717, 1.165) is 11.4 Å². The molecule has 1 aliphatic heterocycles. The SMILES string of the molecule is COCCn1c(=O)c2c(nc3n2CCN3c2ccccc2OC)n(C)c1=O. The number of benzene rings is 1. The predicted molar refractivity (Wildman–Crippen MR) is 101 cm³/mol. The molecule has 9 heteroatoms. The zero-order chi connectivity index (χ0) is 19.1. The van der Waals surface area contributed by atoms with E-state index in [-0.39, 0.29) is 18.7 Å². The summed E-state index contributed by atoms with van der Waals surface area (Å²) in [6.45, 7) is 1.75. The van der Waals surface area contributed by atoms with Crippen LogP contribution in [-0.4, -0.2) is 46.1 Å². The minimum absolute atomic E-state index is 0.203. The first-order chi connectivity index (χ1) is 13.1. The van der Waals surface area contributed by atoms with Crippen molar-refractivity contribution in [1.82, 2.24) is 18.7 Å². The summed E-state index contributed by atoms with van der Waals surface area (Å²) in [7, 11) is 4.79. The topological polar surface area (TPSA) is 83.5 Å². The molecule has 0 unspecified atom stereocenters. The van der Waals surface area contributed by atoms with Crippen LogP contribution >= 0.6 is 0 Å². The number of aryl methyl sites for hydroxylation is 1. The molecule has 0 saturated heterocycles. The maximum absolute atomic E-state index is 13.0. The van der Waals surface area contributed by atoms with Gasteiger partial charge >= 0.3 is 5.69 Å². The molecular formula is C18H21N5O4. The summed E-state index contributed by atoms with van der Waals surface area (Å²) in [5, 5.41) is 0. The molecule has 0 spiro atoms. The number of rotatable bonds is 5. The monoisotopic (exact) mass is 371 g/mol. The Morgan fingerprint density at radius 3 is 2.67 bits per heavy atom. The number of ether oxygens (including phenoxy) is 2. The Hall–Kier alpha value is -3.07. The molecule has 3 aromatic rings. The van der Waals surface area contributed by atoms with E-state index in [1.165, 1.54) is 16.2 Å². The molecule has 9 nitrogen and oxygen atoms in total. The second kappa shape index (κ2) is 6.58. The lowest BCUT2D eigenvalue weighted by atomic mass is 10.2. The van der Waals surface area contributed by atoms with Crippen molar-refractivity contribution >= 4 is 22.8 Å². The van der Waals surface area contributed by atoms with Gasteiger partial charge in [0.15, 0.2) is 11.2 Å². The first kappa shape index (κ1) is 17.3. The largest absolute Gasteiger partial charge is 0.495 e. The summed E-state index contributed by atoms with van der Waals surface area (Å²) < 4.78 is 15.0. The Morgan fingerprint density at radius 2 is 1.93 bits per heavy atom. The maximum Gasteiger partial charge on any atom is 0.332 e. The Balaban J connectivity index is 1.93. The van der Waals surface area contributed by atoms with Crippen LogP contribution in [0.15, 0.2) is 33.9 Å². The number of anilines is 2. The van der Waals surface area contributed by atoms with E-state index in [4.69, 9.17) is 9.47 Å². The van der Waals surface area contributed by atoms with Gasteiger partial charge in [0.05, 0.1) is 25.9 Å². The van der Waals surface area contributed by atoms with Crippen molar-refractivity contribution in [3.8, 4) is 5.75 Å². The van der Waals surface area contributed by atoms with Crippen LogP contribution in [-0.2, 0) is 24.9 Å². The molecule has 0 saturated carbocycles. The average Bonchev–Trinajstić information content (AvgIpc) is 3.25. The van der Waals surface area contributed by atoms with Gasteiger partial charge in [-0.2, -0.15) is 4.98 Å². The van der Waals surface area contributed by atoms with Gasteiger partial charge in [-0.05, 0) is 12.1 Å². The van der Waals surface area contributed by atoms with Crippen molar-refractivity contribution in [3.63, 3.8) is 0 Å².